The van der Waals surface area contributed by atoms with Crippen LogP contribution >= 0.6 is 0 Å². The first-order chi connectivity index (χ1) is 9.72. The second kappa shape index (κ2) is 9.25. The highest BCUT2D eigenvalue weighted by atomic mass is 16.5. The summed E-state index contributed by atoms with van der Waals surface area (Å²) in [5.74, 6) is 0.610. The Bertz CT molecular complexity index is 406. The molecule has 1 aromatic heterocycles. The van der Waals surface area contributed by atoms with Crippen molar-refractivity contribution in [2.75, 3.05) is 38.3 Å². The molecule has 0 saturated carbocycles. The maximum Gasteiger partial charge on any atom is 0.270 e. The van der Waals surface area contributed by atoms with Crippen LogP contribution in [0.1, 0.15) is 37.2 Å². The van der Waals surface area contributed by atoms with Gasteiger partial charge in [0.1, 0.15) is 17.8 Å². The zero-order chi connectivity index (χ0) is 14.8. The molecule has 0 radical (unpaired) electrons. The summed E-state index contributed by atoms with van der Waals surface area (Å²) in [5, 5.41) is 2.76. The number of amides is 1. The Kier molecular flexibility index (Phi) is 7.57. The van der Waals surface area contributed by atoms with Crippen molar-refractivity contribution < 1.29 is 9.53 Å². The van der Waals surface area contributed by atoms with Crippen LogP contribution in [-0.2, 0) is 4.74 Å². The molecule has 6 nitrogen and oxygen atoms in total. The summed E-state index contributed by atoms with van der Waals surface area (Å²) in [4.78, 5) is 22.4. The SMILES string of the molecule is CCCN(CCC)c1cc(C(=O)NCCOC)ncn1. The Balaban J connectivity index is 2.74. The van der Waals surface area contributed by atoms with Crippen molar-refractivity contribution in [1.29, 1.82) is 0 Å². The van der Waals surface area contributed by atoms with Crippen LogP contribution in [0.4, 0.5) is 5.82 Å². The molecule has 0 spiro atoms. The van der Waals surface area contributed by atoms with Gasteiger partial charge in [-0.3, -0.25) is 4.79 Å². The fraction of sp³-hybridized carbons (Fsp3) is 0.643. The number of rotatable bonds is 9. The maximum atomic E-state index is 11.9. The molecule has 1 rings (SSSR count). The molecule has 0 saturated heterocycles. The summed E-state index contributed by atoms with van der Waals surface area (Å²) in [6, 6.07) is 1.74. The molecule has 0 aliphatic carbocycles. The van der Waals surface area contributed by atoms with Crippen LogP contribution in [0, 0.1) is 0 Å². The van der Waals surface area contributed by atoms with Crippen molar-refractivity contribution in [3.8, 4) is 0 Å². The van der Waals surface area contributed by atoms with Gasteiger partial charge >= 0.3 is 0 Å². The zero-order valence-electron chi connectivity index (χ0n) is 12.6. The zero-order valence-corrected chi connectivity index (χ0v) is 12.6. The van der Waals surface area contributed by atoms with Gasteiger partial charge in [-0.05, 0) is 12.8 Å². The number of anilines is 1. The smallest absolute Gasteiger partial charge is 0.270 e. The molecule has 1 N–H and O–H groups in total. The van der Waals surface area contributed by atoms with Gasteiger partial charge in [0.25, 0.3) is 5.91 Å². The van der Waals surface area contributed by atoms with Crippen LogP contribution in [0.5, 0.6) is 0 Å². The highest BCUT2D eigenvalue weighted by molar-refractivity contribution is 5.92. The average molecular weight is 280 g/mol. The van der Waals surface area contributed by atoms with Crippen LogP contribution in [-0.4, -0.2) is 49.2 Å². The third-order valence-electron chi connectivity index (χ3n) is 2.79. The molecule has 0 aromatic carbocycles. The maximum absolute atomic E-state index is 11.9. The summed E-state index contributed by atoms with van der Waals surface area (Å²) < 4.78 is 4.90. The van der Waals surface area contributed by atoms with Crippen molar-refractivity contribution in [3.63, 3.8) is 0 Å². The number of methoxy groups -OCH3 is 1. The Morgan fingerprint density at radius 3 is 2.60 bits per heavy atom. The van der Waals surface area contributed by atoms with Crippen molar-refractivity contribution in [3.05, 3.63) is 18.1 Å². The minimum absolute atomic E-state index is 0.196. The number of hydrogen-bond donors (Lipinski definition) is 1. The largest absolute Gasteiger partial charge is 0.383 e. The van der Waals surface area contributed by atoms with E-state index in [0.29, 0.717) is 18.8 Å². The van der Waals surface area contributed by atoms with E-state index < -0.39 is 0 Å². The van der Waals surface area contributed by atoms with E-state index in [-0.39, 0.29) is 5.91 Å². The molecule has 0 atom stereocenters. The molecule has 1 aromatic rings. The standard InChI is InChI=1S/C14H24N4O2/c1-4-7-18(8-5-2)13-10-12(16-11-17-13)14(19)15-6-9-20-3/h10-11H,4-9H2,1-3H3,(H,15,19). The summed E-state index contributed by atoms with van der Waals surface area (Å²) in [6.07, 6.45) is 3.53. The number of aromatic nitrogens is 2. The lowest BCUT2D eigenvalue weighted by molar-refractivity contribution is 0.0932. The summed E-state index contributed by atoms with van der Waals surface area (Å²) >= 11 is 0. The molecule has 6 heteroatoms. The highest BCUT2D eigenvalue weighted by Gasteiger charge is 2.11. The molecule has 0 fully saturated rings. The third kappa shape index (κ3) is 5.13. The fourth-order valence-electron chi connectivity index (χ4n) is 1.88. The van der Waals surface area contributed by atoms with E-state index in [9.17, 15) is 4.79 Å². The predicted octanol–water partition coefficient (Wildman–Crippen LogP) is 1.48. The lowest BCUT2D eigenvalue weighted by atomic mass is 10.3. The second-order valence-electron chi connectivity index (χ2n) is 4.50. The van der Waals surface area contributed by atoms with Crippen molar-refractivity contribution in [2.45, 2.75) is 26.7 Å². The number of nitrogens with zero attached hydrogens (tertiary/aromatic N) is 3. The molecule has 1 heterocycles. The van der Waals surface area contributed by atoms with Crippen LogP contribution in [0.15, 0.2) is 12.4 Å². The quantitative estimate of drug-likeness (QED) is 0.694. The van der Waals surface area contributed by atoms with Gasteiger partial charge in [-0.25, -0.2) is 9.97 Å². The van der Waals surface area contributed by atoms with Crippen LogP contribution < -0.4 is 10.2 Å². The molecular formula is C14H24N4O2. The molecule has 20 heavy (non-hydrogen) atoms. The van der Waals surface area contributed by atoms with Gasteiger partial charge in [-0.15, -0.1) is 0 Å². The fourth-order valence-corrected chi connectivity index (χ4v) is 1.88. The molecule has 0 aliphatic heterocycles. The van der Waals surface area contributed by atoms with Crippen LogP contribution in [0.25, 0.3) is 0 Å². The van der Waals surface area contributed by atoms with Gasteiger partial charge in [0.2, 0.25) is 0 Å². The topological polar surface area (TPSA) is 67.4 Å². The van der Waals surface area contributed by atoms with Gasteiger partial charge in [0.05, 0.1) is 6.61 Å². The van der Waals surface area contributed by atoms with Gasteiger partial charge in [-0.1, -0.05) is 13.8 Å². The van der Waals surface area contributed by atoms with E-state index in [0.717, 1.165) is 31.7 Å². The lowest BCUT2D eigenvalue weighted by Gasteiger charge is -2.22. The summed E-state index contributed by atoms with van der Waals surface area (Å²) in [6.45, 7) is 7.07. The molecule has 0 bridgehead atoms. The predicted molar refractivity (Wildman–Crippen MR) is 79.0 cm³/mol. The van der Waals surface area contributed by atoms with E-state index in [1.165, 1.54) is 6.33 Å². The number of carbonyl (C=O) groups excluding carboxylic acids is 1. The summed E-state index contributed by atoms with van der Waals surface area (Å²) in [7, 11) is 1.60. The number of ether oxygens (including phenoxy) is 1. The van der Waals surface area contributed by atoms with Gasteiger partial charge in [0, 0.05) is 32.8 Å². The van der Waals surface area contributed by atoms with E-state index in [4.69, 9.17) is 4.74 Å². The van der Waals surface area contributed by atoms with Crippen LogP contribution in [0.3, 0.4) is 0 Å². The van der Waals surface area contributed by atoms with Gasteiger partial charge < -0.3 is 15.0 Å². The van der Waals surface area contributed by atoms with E-state index in [2.05, 4.69) is 34.0 Å². The summed E-state index contributed by atoms with van der Waals surface area (Å²) in [5.41, 5.74) is 0.392. The minimum Gasteiger partial charge on any atom is -0.383 e. The molecule has 112 valence electrons. The third-order valence-corrected chi connectivity index (χ3v) is 2.79. The highest BCUT2D eigenvalue weighted by Crippen LogP contribution is 2.12. The first-order valence-corrected chi connectivity index (χ1v) is 7.07. The minimum atomic E-state index is -0.196. The van der Waals surface area contributed by atoms with Crippen molar-refractivity contribution in [2.24, 2.45) is 0 Å². The molecular weight excluding hydrogens is 256 g/mol. The molecule has 1 amide bonds. The second-order valence-corrected chi connectivity index (χ2v) is 4.50. The number of nitrogens with one attached hydrogen (secondary N) is 1. The van der Waals surface area contributed by atoms with E-state index in [1.54, 1.807) is 13.2 Å². The Hall–Kier alpha value is -1.69. The van der Waals surface area contributed by atoms with Crippen molar-refractivity contribution >= 4 is 11.7 Å². The Labute approximate surface area is 120 Å². The lowest BCUT2D eigenvalue weighted by Crippen LogP contribution is -2.29. The number of carbonyl (C=O) groups is 1. The first-order valence-electron chi connectivity index (χ1n) is 7.07. The Morgan fingerprint density at radius 1 is 1.30 bits per heavy atom. The number of hydrogen-bond acceptors (Lipinski definition) is 5. The van der Waals surface area contributed by atoms with E-state index in [1.807, 2.05) is 0 Å². The van der Waals surface area contributed by atoms with E-state index >= 15 is 0 Å². The van der Waals surface area contributed by atoms with Crippen LogP contribution in [0.2, 0.25) is 0 Å². The molecule has 0 aliphatic rings. The van der Waals surface area contributed by atoms with Gasteiger partial charge in [0.15, 0.2) is 0 Å². The average Bonchev–Trinajstić information content (AvgIpc) is 2.47. The normalized spacial score (nSPS) is 10.3. The van der Waals surface area contributed by atoms with Gasteiger partial charge in [-0.2, -0.15) is 0 Å². The first kappa shape index (κ1) is 16.4. The monoisotopic (exact) mass is 280 g/mol. The van der Waals surface area contributed by atoms with Crippen molar-refractivity contribution in [1.82, 2.24) is 15.3 Å². The molecule has 0 unspecified atom stereocenters. The Morgan fingerprint density at radius 2 is 2.00 bits per heavy atom.